The largest absolute Gasteiger partial charge is 0.454 e. The van der Waals surface area contributed by atoms with E-state index in [0.717, 1.165) is 28.8 Å². The summed E-state index contributed by atoms with van der Waals surface area (Å²) in [6, 6.07) is 13.8. The molecule has 4 aromatic rings. The monoisotopic (exact) mass is 352 g/mol. The van der Waals surface area contributed by atoms with E-state index in [-0.39, 0.29) is 5.75 Å². The molecule has 3 aromatic carbocycles. The van der Waals surface area contributed by atoms with Crippen LogP contribution in [0.3, 0.4) is 0 Å². The van der Waals surface area contributed by atoms with Crippen molar-refractivity contribution in [3.8, 4) is 22.6 Å². The smallest absolute Gasteiger partial charge is 0.168 e. The van der Waals surface area contributed by atoms with Crippen LogP contribution in [0.15, 0.2) is 59.1 Å². The molecule has 0 fully saturated rings. The van der Waals surface area contributed by atoms with Crippen molar-refractivity contribution in [1.82, 2.24) is 5.16 Å². The number of fused-ring (bicyclic) bond motifs is 1. The van der Waals surface area contributed by atoms with Gasteiger partial charge in [-0.25, -0.2) is 8.78 Å². The predicted molar refractivity (Wildman–Crippen MR) is 95.0 cm³/mol. The fourth-order valence-corrected chi connectivity index (χ4v) is 2.77. The van der Waals surface area contributed by atoms with Crippen LogP contribution in [0.1, 0.15) is 5.69 Å². The first-order chi connectivity index (χ1) is 12.5. The molecule has 130 valence electrons. The van der Waals surface area contributed by atoms with Crippen molar-refractivity contribution >= 4 is 16.7 Å². The zero-order chi connectivity index (χ0) is 18.3. The SMILES string of the molecule is Cc1noc2ccc(-c3cc(N)ccc3Oc3ccc(F)cc3F)cc12. The molecule has 2 N–H and O–H groups in total. The zero-order valence-corrected chi connectivity index (χ0v) is 13.8. The molecule has 1 aromatic heterocycles. The van der Waals surface area contributed by atoms with Gasteiger partial charge in [0.25, 0.3) is 0 Å². The van der Waals surface area contributed by atoms with E-state index in [0.29, 0.717) is 22.6 Å². The third-order valence-corrected chi connectivity index (χ3v) is 4.08. The average Bonchev–Trinajstić information content (AvgIpc) is 2.99. The molecule has 0 radical (unpaired) electrons. The van der Waals surface area contributed by atoms with Crippen LogP contribution in [0.4, 0.5) is 14.5 Å². The van der Waals surface area contributed by atoms with Gasteiger partial charge < -0.3 is 15.0 Å². The Balaban J connectivity index is 1.82. The number of nitrogen functional groups attached to an aromatic ring is 1. The Hall–Kier alpha value is -3.41. The second kappa shape index (κ2) is 6.15. The van der Waals surface area contributed by atoms with Gasteiger partial charge in [-0.2, -0.15) is 0 Å². The summed E-state index contributed by atoms with van der Waals surface area (Å²) in [5.41, 5.74) is 9.38. The maximum atomic E-state index is 14.0. The van der Waals surface area contributed by atoms with E-state index in [4.69, 9.17) is 15.0 Å². The van der Waals surface area contributed by atoms with Crippen molar-refractivity contribution in [2.45, 2.75) is 6.92 Å². The van der Waals surface area contributed by atoms with Gasteiger partial charge in [-0.3, -0.25) is 0 Å². The van der Waals surface area contributed by atoms with Crippen LogP contribution >= 0.6 is 0 Å². The molecule has 0 aliphatic heterocycles. The van der Waals surface area contributed by atoms with Crippen molar-refractivity contribution in [3.05, 3.63) is 71.9 Å². The molecule has 0 spiro atoms. The van der Waals surface area contributed by atoms with Crippen LogP contribution in [0.2, 0.25) is 0 Å². The van der Waals surface area contributed by atoms with Gasteiger partial charge in [0.15, 0.2) is 17.1 Å². The summed E-state index contributed by atoms with van der Waals surface area (Å²) >= 11 is 0. The number of nitrogens with two attached hydrogens (primary N) is 1. The third kappa shape index (κ3) is 2.86. The second-order valence-corrected chi connectivity index (χ2v) is 5.91. The molecule has 4 rings (SSSR count). The molecule has 6 heteroatoms. The quantitative estimate of drug-likeness (QED) is 0.498. The summed E-state index contributed by atoms with van der Waals surface area (Å²) < 4.78 is 38.0. The Morgan fingerprint density at radius 3 is 2.58 bits per heavy atom. The van der Waals surface area contributed by atoms with Crippen molar-refractivity contribution in [2.75, 3.05) is 5.73 Å². The molecule has 0 bridgehead atoms. The highest BCUT2D eigenvalue weighted by molar-refractivity contribution is 5.87. The minimum Gasteiger partial charge on any atom is -0.454 e. The molecule has 0 saturated heterocycles. The fourth-order valence-electron chi connectivity index (χ4n) is 2.77. The Kier molecular flexibility index (Phi) is 3.80. The molecule has 4 nitrogen and oxygen atoms in total. The maximum absolute atomic E-state index is 14.0. The summed E-state index contributed by atoms with van der Waals surface area (Å²) in [5.74, 6) is -1.11. The number of ether oxygens (including phenoxy) is 1. The van der Waals surface area contributed by atoms with Gasteiger partial charge in [0.05, 0.1) is 5.69 Å². The van der Waals surface area contributed by atoms with Crippen molar-refractivity contribution in [1.29, 1.82) is 0 Å². The summed E-state index contributed by atoms with van der Waals surface area (Å²) in [4.78, 5) is 0. The molecule has 1 heterocycles. The van der Waals surface area contributed by atoms with E-state index in [1.807, 2.05) is 19.1 Å². The van der Waals surface area contributed by atoms with Gasteiger partial charge >= 0.3 is 0 Å². The lowest BCUT2D eigenvalue weighted by molar-refractivity contribution is 0.439. The highest BCUT2D eigenvalue weighted by Gasteiger charge is 2.13. The molecule has 0 aliphatic rings. The summed E-state index contributed by atoms with van der Waals surface area (Å²) in [6.45, 7) is 1.85. The summed E-state index contributed by atoms with van der Waals surface area (Å²) in [7, 11) is 0. The van der Waals surface area contributed by atoms with Gasteiger partial charge in [-0.1, -0.05) is 11.2 Å². The first-order valence-electron chi connectivity index (χ1n) is 7.90. The number of nitrogens with zero attached hydrogens (tertiary/aromatic N) is 1. The molecule has 0 amide bonds. The number of benzene rings is 3. The van der Waals surface area contributed by atoms with E-state index in [1.54, 1.807) is 24.3 Å². The van der Waals surface area contributed by atoms with Crippen LogP contribution in [0, 0.1) is 18.6 Å². The molecular formula is C20H14F2N2O2. The number of rotatable bonds is 3. The Bertz CT molecular complexity index is 1120. The number of hydrogen-bond acceptors (Lipinski definition) is 4. The number of aromatic nitrogens is 1. The lowest BCUT2D eigenvalue weighted by Crippen LogP contribution is -1.94. The highest BCUT2D eigenvalue weighted by atomic mass is 19.1. The third-order valence-electron chi connectivity index (χ3n) is 4.08. The van der Waals surface area contributed by atoms with Crippen LogP contribution in [-0.2, 0) is 0 Å². The standard InChI is InChI=1S/C20H14F2N2O2/c1-11-15-8-12(2-5-19(15)26-24-11)16-10-14(23)4-7-18(16)25-20-6-3-13(21)9-17(20)22/h2-10H,23H2,1H3. The van der Waals surface area contributed by atoms with Crippen LogP contribution in [0.5, 0.6) is 11.5 Å². The van der Waals surface area contributed by atoms with Crippen molar-refractivity contribution in [2.24, 2.45) is 0 Å². The Morgan fingerprint density at radius 2 is 1.77 bits per heavy atom. The molecular weight excluding hydrogens is 338 g/mol. The molecule has 0 unspecified atom stereocenters. The Morgan fingerprint density at radius 1 is 0.962 bits per heavy atom. The van der Waals surface area contributed by atoms with Gasteiger partial charge in [0.2, 0.25) is 0 Å². The van der Waals surface area contributed by atoms with E-state index >= 15 is 0 Å². The topological polar surface area (TPSA) is 61.3 Å². The molecule has 0 saturated carbocycles. The number of aryl methyl sites for hydroxylation is 1. The fraction of sp³-hybridized carbons (Fsp3) is 0.0500. The number of halogens is 2. The van der Waals surface area contributed by atoms with Crippen LogP contribution < -0.4 is 10.5 Å². The number of hydrogen-bond donors (Lipinski definition) is 1. The highest BCUT2D eigenvalue weighted by Crippen LogP contribution is 2.37. The molecule has 26 heavy (non-hydrogen) atoms. The summed E-state index contributed by atoms with van der Waals surface area (Å²) in [6.07, 6.45) is 0. The number of anilines is 1. The van der Waals surface area contributed by atoms with E-state index in [1.165, 1.54) is 6.07 Å². The van der Waals surface area contributed by atoms with E-state index < -0.39 is 11.6 Å². The van der Waals surface area contributed by atoms with Crippen LogP contribution in [-0.4, -0.2) is 5.16 Å². The van der Waals surface area contributed by atoms with Gasteiger partial charge in [-0.15, -0.1) is 0 Å². The van der Waals surface area contributed by atoms with Gasteiger partial charge in [0.1, 0.15) is 11.6 Å². The average molecular weight is 352 g/mol. The van der Waals surface area contributed by atoms with Crippen LogP contribution in [0.25, 0.3) is 22.1 Å². The lowest BCUT2D eigenvalue weighted by Gasteiger charge is -2.13. The van der Waals surface area contributed by atoms with Crippen molar-refractivity contribution < 1.29 is 18.0 Å². The van der Waals surface area contributed by atoms with Gasteiger partial charge in [0, 0.05) is 22.7 Å². The predicted octanol–water partition coefficient (Wildman–Crippen LogP) is 5.46. The zero-order valence-electron chi connectivity index (χ0n) is 13.8. The van der Waals surface area contributed by atoms with Gasteiger partial charge in [-0.05, 0) is 55.0 Å². The maximum Gasteiger partial charge on any atom is 0.168 e. The molecule has 0 aliphatic carbocycles. The summed E-state index contributed by atoms with van der Waals surface area (Å²) in [5, 5.41) is 4.81. The first-order valence-corrected chi connectivity index (χ1v) is 7.90. The molecule has 0 atom stereocenters. The minimum atomic E-state index is -0.780. The second-order valence-electron chi connectivity index (χ2n) is 5.91. The minimum absolute atomic E-state index is 0.0698. The van der Waals surface area contributed by atoms with Crippen molar-refractivity contribution in [3.63, 3.8) is 0 Å². The normalized spacial score (nSPS) is 11.0. The van der Waals surface area contributed by atoms with E-state index in [9.17, 15) is 8.78 Å². The lowest BCUT2D eigenvalue weighted by atomic mass is 10.0. The van der Waals surface area contributed by atoms with E-state index in [2.05, 4.69) is 5.16 Å². The first kappa shape index (κ1) is 16.1. The Labute approximate surface area is 147 Å².